The molecule has 2 rings (SSSR count). The maximum absolute atomic E-state index is 10.6. The Balaban J connectivity index is 2.37. The number of carbonyl (C=O) groups is 1. The molecule has 1 heterocycles. The molecule has 0 atom stereocenters. The van der Waals surface area contributed by atoms with Gasteiger partial charge in [0.1, 0.15) is 0 Å². The van der Waals surface area contributed by atoms with E-state index in [0.717, 1.165) is 11.3 Å². The summed E-state index contributed by atoms with van der Waals surface area (Å²) < 4.78 is 0. The van der Waals surface area contributed by atoms with Crippen LogP contribution in [0.15, 0.2) is 30.5 Å². The van der Waals surface area contributed by atoms with Gasteiger partial charge < -0.3 is 5.11 Å². The molecule has 0 fully saturated rings. The van der Waals surface area contributed by atoms with Crippen LogP contribution in [0.5, 0.6) is 0 Å². The van der Waals surface area contributed by atoms with Crippen molar-refractivity contribution in [2.45, 2.75) is 6.92 Å². The van der Waals surface area contributed by atoms with E-state index in [1.807, 2.05) is 31.2 Å². The first-order valence-corrected chi connectivity index (χ1v) is 4.39. The molecule has 1 aromatic carbocycles. The summed E-state index contributed by atoms with van der Waals surface area (Å²) in [7, 11) is 0. The third kappa shape index (κ3) is 1.85. The van der Waals surface area contributed by atoms with Crippen LogP contribution in [-0.2, 0) is 0 Å². The van der Waals surface area contributed by atoms with Crippen LogP contribution in [0.3, 0.4) is 0 Å². The highest BCUT2D eigenvalue weighted by Crippen LogP contribution is 2.06. The van der Waals surface area contributed by atoms with E-state index in [1.165, 1.54) is 11.0 Å². The lowest BCUT2D eigenvalue weighted by atomic mass is 10.2. The van der Waals surface area contributed by atoms with Crippen molar-refractivity contribution in [3.8, 4) is 5.69 Å². The number of aryl methyl sites for hydroxylation is 1. The minimum atomic E-state index is -1.08. The van der Waals surface area contributed by atoms with Crippen molar-refractivity contribution in [3.05, 3.63) is 41.7 Å². The van der Waals surface area contributed by atoms with E-state index < -0.39 is 5.97 Å². The SMILES string of the molecule is Cc1ccc(-n2ncc(C(=O)O)n2)cc1. The number of carboxylic acid groups (broad SMARTS) is 1. The summed E-state index contributed by atoms with van der Waals surface area (Å²) in [6, 6.07) is 7.50. The molecule has 0 aliphatic heterocycles. The Kier molecular flexibility index (Phi) is 2.21. The average Bonchev–Trinajstić information content (AvgIpc) is 2.68. The molecule has 0 aliphatic rings. The van der Waals surface area contributed by atoms with Crippen LogP contribution >= 0.6 is 0 Å². The largest absolute Gasteiger partial charge is 0.476 e. The first-order chi connectivity index (χ1) is 7.16. The topological polar surface area (TPSA) is 68.0 Å². The van der Waals surface area contributed by atoms with E-state index in [9.17, 15) is 4.79 Å². The van der Waals surface area contributed by atoms with Crippen LogP contribution < -0.4 is 0 Å². The van der Waals surface area contributed by atoms with Gasteiger partial charge in [-0.1, -0.05) is 17.7 Å². The van der Waals surface area contributed by atoms with Gasteiger partial charge in [0, 0.05) is 0 Å². The summed E-state index contributed by atoms with van der Waals surface area (Å²) in [5, 5.41) is 16.4. The molecule has 0 saturated carbocycles. The fourth-order valence-electron chi connectivity index (χ4n) is 1.16. The molecule has 0 amide bonds. The Labute approximate surface area is 86.0 Å². The predicted octanol–water partition coefficient (Wildman–Crippen LogP) is 1.27. The third-order valence-electron chi connectivity index (χ3n) is 1.98. The Morgan fingerprint density at radius 2 is 2.00 bits per heavy atom. The molecule has 5 heteroatoms. The zero-order valence-corrected chi connectivity index (χ0v) is 8.08. The molecule has 15 heavy (non-hydrogen) atoms. The molecular weight excluding hydrogens is 194 g/mol. The highest BCUT2D eigenvalue weighted by Gasteiger charge is 2.08. The fourth-order valence-corrected chi connectivity index (χ4v) is 1.16. The monoisotopic (exact) mass is 203 g/mol. The smallest absolute Gasteiger partial charge is 0.358 e. The van der Waals surface area contributed by atoms with Gasteiger partial charge in [0.2, 0.25) is 0 Å². The minimum absolute atomic E-state index is 0.0597. The number of rotatable bonds is 2. The van der Waals surface area contributed by atoms with E-state index in [4.69, 9.17) is 5.11 Å². The van der Waals surface area contributed by atoms with Crippen molar-refractivity contribution in [1.82, 2.24) is 15.0 Å². The molecule has 76 valence electrons. The molecule has 0 bridgehead atoms. The second-order valence-corrected chi connectivity index (χ2v) is 3.16. The molecule has 0 radical (unpaired) electrons. The molecule has 2 aromatic rings. The lowest BCUT2D eigenvalue weighted by Gasteiger charge is -1.98. The summed E-state index contributed by atoms with van der Waals surface area (Å²) in [5.74, 6) is -1.08. The number of benzene rings is 1. The van der Waals surface area contributed by atoms with Crippen molar-refractivity contribution in [3.63, 3.8) is 0 Å². The molecule has 1 N–H and O–H groups in total. The van der Waals surface area contributed by atoms with Crippen LogP contribution in [0, 0.1) is 6.92 Å². The number of hydrogen-bond donors (Lipinski definition) is 1. The zero-order valence-electron chi connectivity index (χ0n) is 8.08. The molecule has 0 aliphatic carbocycles. The van der Waals surface area contributed by atoms with Gasteiger partial charge in [0.25, 0.3) is 0 Å². The highest BCUT2D eigenvalue weighted by atomic mass is 16.4. The van der Waals surface area contributed by atoms with Crippen LogP contribution in [0.25, 0.3) is 5.69 Å². The van der Waals surface area contributed by atoms with E-state index >= 15 is 0 Å². The summed E-state index contributed by atoms with van der Waals surface area (Å²) >= 11 is 0. The number of hydrogen-bond acceptors (Lipinski definition) is 3. The second kappa shape index (κ2) is 3.53. The quantitative estimate of drug-likeness (QED) is 0.798. The number of carboxylic acids is 1. The average molecular weight is 203 g/mol. The summed E-state index contributed by atoms with van der Waals surface area (Å²) in [6.07, 6.45) is 1.22. The van der Waals surface area contributed by atoms with E-state index in [1.54, 1.807) is 0 Å². The lowest BCUT2D eigenvalue weighted by Crippen LogP contribution is -2.02. The summed E-state index contributed by atoms with van der Waals surface area (Å²) in [5.41, 5.74) is 1.81. The normalized spacial score (nSPS) is 10.2. The predicted molar refractivity (Wildman–Crippen MR) is 53.1 cm³/mol. The van der Waals surface area contributed by atoms with E-state index in [-0.39, 0.29) is 5.69 Å². The standard InChI is InChI=1S/C10H9N3O2/c1-7-2-4-8(5-3-7)13-11-6-9(12-13)10(14)15/h2-6H,1H3,(H,14,15). The number of aromatic carboxylic acids is 1. The van der Waals surface area contributed by atoms with Crippen LogP contribution in [-0.4, -0.2) is 26.1 Å². The van der Waals surface area contributed by atoms with Gasteiger partial charge in [-0.05, 0) is 19.1 Å². The van der Waals surface area contributed by atoms with Crippen molar-refractivity contribution < 1.29 is 9.90 Å². The Bertz CT molecular complexity index is 488. The number of aromatic nitrogens is 3. The van der Waals surface area contributed by atoms with Crippen molar-refractivity contribution in [1.29, 1.82) is 0 Å². The van der Waals surface area contributed by atoms with E-state index in [0.29, 0.717) is 0 Å². The second-order valence-electron chi connectivity index (χ2n) is 3.16. The molecule has 0 spiro atoms. The van der Waals surface area contributed by atoms with Gasteiger partial charge in [0.05, 0.1) is 11.9 Å². The highest BCUT2D eigenvalue weighted by molar-refractivity contribution is 5.84. The van der Waals surface area contributed by atoms with Crippen molar-refractivity contribution in [2.75, 3.05) is 0 Å². The van der Waals surface area contributed by atoms with Crippen molar-refractivity contribution >= 4 is 5.97 Å². The summed E-state index contributed by atoms with van der Waals surface area (Å²) in [6.45, 7) is 1.98. The Morgan fingerprint density at radius 3 is 2.53 bits per heavy atom. The Hall–Kier alpha value is -2.17. The molecule has 0 unspecified atom stereocenters. The van der Waals surface area contributed by atoms with Gasteiger partial charge in [0.15, 0.2) is 5.69 Å². The van der Waals surface area contributed by atoms with Gasteiger partial charge in [-0.2, -0.15) is 9.90 Å². The first-order valence-electron chi connectivity index (χ1n) is 4.39. The van der Waals surface area contributed by atoms with Crippen LogP contribution in [0.2, 0.25) is 0 Å². The minimum Gasteiger partial charge on any atom is -0.476 e. The summed E-state index contributed by atoms with van der Waals surface area (Å²) in [4.78, 5) is 11.9. The van der Waals surface area contributed by atoms with Crippen LogP contribution in [0.1, 0.15) is 16.1 Å². The molecular formula is C10H9N3O2. The van der Waals surface area contributed by atoms with Gasteiger partial charge in [-0.3, -0.25) is 0 Å². The Morgan fingerprint density at radius 1 is 1.33 bits per heavy atom. The maximum atomic E-state index is 10.6. The third-order valence-corrected chi connectivity index (χ3v) is 1.98. The molecule has 1 aromatic heterocycles. The zero-order chi connectivity index (χ0) is 10.8. The van der Waals surface area contributed by atoms with Crippen molar-refractivity contribution in [2.24, 2.45) is 0 Å². The molecule has 0 saturated heterocycles. The molecule has 5 nitrogen and oxygen atoms in total. The fraction of sp³-hybridized carbons (Fsp3) is 0.100. The van der Waals surface area contributed by atoms with Crippen LogP contribution in [0.4, 0.5) is 0 Å². The van der Waals surface area contributed by atoms with Gasteiger partial charge in [-0.25, -0.2) is 4.79 Å². The van der Waals surface area contributed by atoms with Gasteiger partial charge in [-0.15, -0.1) is 5.10 Å². The lowest BCUT2D eigenvalue weighted by molar-refractivity contribution is 0.0690. The van der Waals surface area contributed by atoms with E-state index in [2.05, 4.69) is 10.2 Å². The maximum Gasteiger partial charge on any atom is 0.358 e. The number of nitrogens with zero attached hydrogens (tertiary/aromatic N) is 3. The first kappa shape index (κ1) is 9.39. The van der Waals surface area contributed by atoms with Gasteiger partial charge >= 0.3 is 5.97 Å².